The van der Waals surface area contributed by atoms with E-state index in [0.717, 1.165) is 17.7 Å². The number of hydrogen-bond donors (Lipinski definition) is 1. The SMILES string of the molecule is O=C(N[C@H]1CCSc2ccccc21)c1ccc(Cn2cncn2)cc1. The molecule has 1 aromatic heterocycles. The summed E-state index contributed by atoms with van der Waals surface area (Å²) in [5.74, 6) is 0.998. The minimum atomic E-state index is -0.0287. The number of fused-ring (bicyclic) bond motifs is 1. The minimum Gasteiger partial charge on any atom is -0.345 e. The van der Waals surface area contributed by atoms with Crippen LogP contribution in [0.15, 0.2) is 66.1 Å². The second-order valence-corrected chi connectivity index (χ2v) is 7.13. The number of amides is 1. The number of aromatic nitrogens is 3. The van der Waals surface area contributed by atoms with Gasteiger partial charge in [-0.15, -0.1) is 11.8 Å². The summed E-state index contributed by atoms with van der Waals surface area (Å²) in [7, 11) is 0. The van der Waals surface area contributed by atoms with Crippen LogP contribution >= 0.6 is 11.8 Å². The van der Waals surface area contributed by atoms with Gasteiger partial charge in [-0.05, 0) is 35.7 Å². The largest absolute Gasteiger partial charge is 0.345 e. The summed E-state index contributed by atoms with van der Waals surface area (Å²) < 4.78 is 1.76. The predicted molar refractivity (Wildman–Crippen MR) is 97.6 cm³/mol. The van der Waals surface area contributed by atoms with Gasteiger partial charge in [-0.1, -0.05) is 30.3 Å². The third-order valence-corrected chi connectivity index (χ3v) is 5.41. The first-order valence-electron chi connectivity index (χ1n) is 8.23. The summed E-state index contributed by atoms with van der Waals surface area (Å²) in [6.07, 6.45) is 4.15. The van der Waals surface area contributed by atoms with Crippen LogP contribution in [0, 0.1) is 0 Å². The number of carbonyl (C=O) groups is 1. The molecule has 2 heterocycles. The Morgan fingerprint density at radius 3 is 2.84 bits per heavy atom. The van der Waals surface area contributed by atoms with Gasteiger partial charge in [0.25, 0.3) is 5.91 Å². The molecule has 1 atom stereocenters. The van der Waals surface area contributed by atoms with Crippen molar-refractivity contribution in [2.45, 2.75) is 23.9 Å². The van der Waals surface area contributed by atoms with E-state index in [2.05, 4.69) is 27.5 Å². The highest BCUT2D eigenvalue weighted by atomic mass is 32.2. The molecular weight excluding hydrogens is 332 g/mol. The lowest BCUT2D eigenvalue weighted by atomic mass is 10.0. The van der Waals surface area contributed by atoms with Gasteiger partial charge in [0.2, 0.25) is 0 Å². The molecule has 3 aromatic rings. The molecule has 2 aromatic carbocycles. The number of benzene rings is 2. The van der Waals surface area contributed by atoms with E-state index in [4.69, 9.17) is 0 Å². The first-order chi connectivity index (χ1) is 12.3. The zero-order chi connectivity index (χ0) is 17.1. The summed E-state index contributed by atoms with van der Waals surface area (Å²) in [5, 5.41) is 7.27. The molecule has 1 N–H and O–H groups in total. The average Bonchev–Trinajstić information content (AvgIpc) is 3.16. The van der Waals surface area contributed by atoms with Crippen molar-refractivity contribution in [3.63, 3.8) is 0 Å². The quantitative estimate of drug-likeness (QED) is 0.784. The fourth-order valence-electron chi connectivity index (χ4n) is 3.00. The normalized spacial score (nSPS) is 16.2. The zero-order valence-corrected chi connectivity index (χ0v) is 14.4. The lowest BCUT2D eigenvalue weighted by Gasteiger charge is -2.25. The minimum absolute atomic E-state index is 0.0287. The second kappa shape index (κ2) is 7.11. The van der Waals surface area contributed by atoms with Crippen molar-refractivity contribution in [2.24, 2.45) is 0 Å². The van der Waals surface area contributed by atoms with Gasteiger partial charge in [0.05, 0.1) is 12.6 Å². The Balaban J connectivity index is 1.45. The third-order valence-electron chi connectivity index (χ3n) is 4.29. The number of hydrogen-bond acceptors (Lipinski definition) is 4. The standard InChI is InChI=1S/C19H18N4OS/c24-19(22-17-9-10-25-18-4-2-1-3-16(17)18)15-7-5-14(6-8-15)11-23-13-20-12-21-23/h1-8,12-13,17H,9-11H2,(H,22,24)/t17-/m0/s1. The molecule has 0 radical (unpaired) electrons. The fourth-order valence-corrected chi connectivity index (χ4v) is 4.12. The molecule has 4 rings (SSSR count). The van der Waals surface area contributed by atoms with Gasteiger partial charge in [0.15, 0.2) is 0 Å². The Hall–Kier alpha value is -2.60. The molecule has 0 unspecified atom stereocenters. The molecule has 1 amide bonds. The van der Waals surface area contributed by atoms with Gasteiger partial charge < -0.3 is 5.32 Å². The topological polar surface area (TPSA) is 59.8 Å². The van der Waals surface area contributed by atoms with Crippen LogP contribution in [0.25, 0.3) is 0 Å². The maximum Gasteiger partial charge on any atom is 0.251 e. The Morgan fingerprint density at radius 2 is 2.04 bits per heavy atom. The van der Waals surface area contributed by atoms with Gasteiger partial charge in [-0.25, -0.2) is 9.67 Å². The van der Waals surface area contributed by atoms with E-state index in [1.165, 1.54) is 16.8 Å². The van der Waals surface area contributed by atoms with Crippen LogP contribution in [0.2, 0.25) is 0 Å². The van der Waals surface area contributed by atoms with Crippen LogP contribution in [0.4, 0.5) is 0 Å². The summed E-state index contributed by atoms with van der Waals surface area (Å²) in [4.78, 5) is 17.8. The van der Waals surface area contributed by atoms with Crippen molar-refractivity contribution in [1.82, 2.24) is 20.1 Å². The highest BCUT2D eigenvalue weighted by Gasteiger charge is 2.22. The van der Waals surface area contributed by atoms with Gasteiger partial charge in [0, 0.05) is 16.2 Å². The number of carbonyl (C=O) groups excluding carboxylic acids is 1. The summed E-state index contributed by atoms with van der Waals surface area (Å²) in [6.45, 7) is 0.648. The van der Waals surface area contributed by atoms with Crippen molar-refractivity contribution in [3.05, 3.63) is 77.9 Å². The monoisotopic (exact) mass is 350 g/mol. The number of nitrogens with zero attached hydrogens (tertiary/aromatic N) is 3. The molecule has 0 bridgehead atoms. The predicted octanol–water partition coefficient (Wildman–Crippen LogP) is 3.29. The lowest BCUT2D eigenvalue weighted by molar-refractivity contribution is 0.0935. The van der Waals surface area contributed by atoms with E-state index in [0.29, 0.717) is 12.1 Å². The van der Waals surface area contributed by atoms with Crippen molar-refractivity contribution >= 4 is 17.7 Å². The van der Waals surface area contributed by atoms with Gasteiger partial charge >= 0.3 is 0 Å². The van der Waals surface area contributed by atoms with E-state index in [9.17, 15) is 4.79 Å². The van der Waals surface area contributed by atoms with E-state index in [1.54, 1.807) is 11.0 Å². The molecule has 6 heteroatoms. The Bertz CT molecular complexity index is 861. The van der Waals surface area contributed by atoms with Crippen LogP contribution in [0.1, 0.15) is 33.9 Å². The highest BCUT2D eigenvalue weighted by Crippen LogP contribution is 2.35. The van der Waals surface area contributed by atoms with Gasteiger partial charge in [-0.2, -0.15) is 5.10 Å². The second-order valence-electron chi connectivity index (χ2n) is 5.99. The average molecular weight is 350 g/mol. The maximum atomic E-state index is 12.6. The van der Waals surface area contributed by atoms with Crippen LogP contribution in [-0.2, 0) is 6.54 Å². The van der Waals surface area contributed by atoms with Crippen LogP contribution < -0.4 is 5.32 Å². The molecule has 1 aliphatic heterocycles. The molecule has 0 aliphatic carbocycles. The van der Waals surface area contributed by atoms with Gasteiger partial charge in [-0.3, -0.25) is 4.79 Å². The van der Waals surface area contributed by atoms with E-state index in [-0.39, 0.29) is 11.9 Å². The van der Waals surface area contributed by atoms with Crippen molar-refractivity contribution < 1.29 is 4.79 Å². The van der Waals surface area contributed by atoms with Crippen molar-refractivity contribution in [1.29, 1.82) is 0 Å². The molecular formula is C19H18N4OS. The molecule has 0 saturated heterocycles. The summed E-state index contributed by atoms with van der Waals surface area (Å²) in [5.41, 5.74) is 2.98. The highest BCUT2D eigenvalue weighted by molar-refractivity contribution is 7.99. The van der Waals surface area contributed by atoms with Crippen LogP contribution in [0.5, 0.6) is 0 Å². The molecule has 25 heavy (non-hydrogen) atoms. The molecule has 126 valence electrons. The summed E-state index contributed by atoms with van der Waals surface area (Å²) in [6, 6.07) is 16.0. The Labute approximate surface area is 150 Å². The van der Waals surface area contributed by atoms with Crippen molar-refractivity contribution in [2.75, 3.05) is 5.75 Å². The molecule has 5 nitrogen and oxygen atoms in total. The Kier molecular flexibility index (Phi) is 4.52. The van der Waals surface area contributed by atoms with E-state index >= 15 is 0 Å². The van der Waals surface area contributed by atoms with Crippen LogP contribution in [0.3, 0.4) is 0 Å². The first kappa shape index (κ1) is 15.9. The number of nitrogens with one attached hydrogen (secondary N) is 1. The lowest BCUT2D eigenvalue weighted by Crippen LogP contribution is -2.30. The number of rotatable bonds is 4. The molecule has 1 aliphatic rings. The van der Waals surface area contributed by atoms with Gasteiger partial charge in [0.1, 0.15) is 12.7 Å². The molecule has 0 spiro atoms. The fraction of sp³-hybridized carbons (Fsp3) is 0.211. The smallest absolute Gasteiger partial charge is 0.251 e. The van der Waals surface area contributed by atoms with Crippen LogP contribution in [-0.4, -0.2) is 26.4 Å². The van der Waals surface area contributed by atoms with Crippen molar-refractivity contribution in [3.8, 4) is 0 Å². The molecule has 0 saturated carbocycles. The first-order valence-corrected chi connectivity index (χ1v) is 9.22. The van der Waals surface area contributed by atoms with E-state index < -0.39 is 0 Å². The maximum absolute atomic E-state index is 12.6. The third kappa shape index (κ3) is 3.58. The van der Waals surface area contributed by atoms with E-state index in [1.807, 2.05) is 48.2 Å². The Morgan fingerprint density at radius 1 is 1.20 bits per heavy atom. The zero-order valence-electron chi connectivity index (χ0n) is 13.6. The number of thioether (sulfide) groups is 1. The summed E-state index contributed by atoms with van der Waals surface area (Å²) >= 11 is 1.85. The molecule has 0 fully saturated rings.